The molecule has 16 heavy (non-hydrogen) atoms. The fourth-order valence-corrected chi connectivity index (χ4v) is 12.6. The molecule has 0 saturated carbocycles. The van der Waals surface area contributed by atoms with E-state index in [-0.39, 0.29) is 0 Å². The van der Waals surface area contributed by atoms with Gasteiger partial charge in [-0.05, 0) is 12.1 Å². The first kappa shape index (κ1) is 15.6. The van der Waals surface area contributed by atoms with E-state index >= 15 is 0 Å². The van der Waals surface area contributed by atoms with Gasteiger partial charge in [-0.15, -0.1) is 19.7 Å². The van der Waals surface area contributed by atoms with E-state index in [0.29, 0.717) is 0 Å². The Morgan fingerprint density at radius 2 is 1.19 bits per heavy atom. The van der Waals surface area contributed by atoms with Crippen LogP contribution in [0.15, 0.2) is 38.0 Å². The molecule has 0 fully saturated rings. The minimum atomic E-state index is -1.37. The zero-order chi connectivity index (χ0) is 12.8. The fraction of sp³-hybridized carbons (Fsp3) is 0.538. The Balaban J connectivity index is 5.03. The van der Waals surface area contributed by atoms with Crippen LogP contribution in [0.5, 0.6) is 0 Å². The molecule has 0 aliphatic rings. The number of rotatable bonds is 8. The Bertz CT molecular complexity index is 235. The van der Waals surface area contributed by atoms with Crippen LogP contribution in [0.25, 0.3) is 0 Å². The van der Waals surface area contributed by atoms with Gasteiger partial charge in [0.25, 0.3) is 0 Å². The lowest BCUT2D eigenvalue weighted by Gasteiger charge is -2.46. The Morgan fingerprint density at radius 1 is 0.812 bits per heavy atom. The van der Waals surface area contributed by atoms with Crippen molar-refractivity contribution in [1.29, 1.82) is 0 Å². The highest BCUT2D eigenvalue weighted by Crippen LogP contribution is 2.26. The summed E-state index contributed by atoms with van der Waals surface area (Å²) in [7, 11) is -2.74. The maximum Gasteiger partial charge on any atom is 0.119 e. The lowest BCUT2D eigenvalue weighted by Crippen LogP contribution is -2.61. The molecule has 0 aliphatic heterocycles. The predicted octanol–water partition coefficient (Wildman–Crippen LogP) is 4.26. The molecule has 0 rings (SSSR count). The van der Waals surface area contributed by atoms with E-state index in [9.17, 15) is 0 Å². The normalized spacial score (nSPS) is 12.6. The van der Waals surface area contributed by atoms with E-state index in [1.807, 2.05) is 6.08 Å². The smallest absolute Gasteiger partial charge is 0.119 e. The quantitative estimate of drug-likeness (QED) is 0.461. The van der Waals surface area contributed by atoms with Gasteiger partial charge in [-0.1, -0.05) is 44.4 Å². The van der Waals surface area contributed by atoms with E-state index in [2.05, 4.69) is 62.3 Å². The Kier molecular flexibility index (Phi) is 6.22. The molecular weight excluding hydrogens is 226 g/mol. The Morgan fingerprint density at radius 3 is 1.44 bits per heavy atom. The van der Waals surface area contributed by atoms with Crippen LogP contribution in [0.1, 0.15) is 0 Å². The summed E-state index contributed by atoms with van der Waals surface area (Å²) in [5, 5.41) is 0. The van der Waals surface area contributed by atoms with Gasteiger partial charge in [-0.2, -0.15) is 0 Å². The average Bonchev–Trinajstić information content (AvgIpc) is 2.13. The predicted molar refractivity (Wildman–Crippen MR) is 81.9 cm³/mol. The summed E-state index contributed by atoms with van der Waals surface area (Å²) in [6.07, 6.45) is 6.18. The van der Waals surface area contributed by atoms with Gasteiger partial charge in [0, 0.05) is 6.54 Å². The lowest BCUT2D eigenvalue weighted by atomic mass is 10.7. The maximum atomic E-state index is 3.90. The molecule has 0 spiro atoms. The molecule has 0 aromatic rings. The Hall–Kier alpha value is -0.386. The van der Waals surface area contributed by atoms with E-state index in [1.54, 1.807) is 0 Å². The summed E-state index contributed by atoms with van der Waals surface area (Å²) >= 11 is 0. The second-order valence-corrected chi connectivity index (χ2v) is 15.1. The van der Waals surface area contributed by atoms with Crippen molar-refractivity contribution in [3.63, 3.8) is 0 Å². The van der Waals surface area contributed by atoms with Crippen LogP contribution in [0.2, 0.25) is 38.3 Å². The highest BCUT2D eigenvalue weighted by atomic mass is 28.4. The number of nitrogens with zero attached hydrogens (tertiary/aromatic N) is 1. The molecule has 0 aromatic carbocycles. The third kappa shape index (κ3) is 4.24. The second-order valence-electron chi connectivity index (χ2n) is 5.51. The van der Waals surface area contributed by atoms with Crippen molar-refractivity contribution in [2.24, 2.45) is 0 Å². The molecule has 0 radical (unpaired) electrons. The van der Waals surface area contributed by atoms with E-state index in [1.165, 1.54) is 0 Å². The highest BCUT2D eigenvalue weighted by Gasteiger charge is 2.38. The summed E-state index contributed by atoms with van der Waals surface area (Å²) in [4.78, 5) is 0. The number of hydrogen-bond acceptors (Lipinski definition) is 1. The minimum Gasteiger partial charge on any atom is -0.342 e. The number of hydrogen-bond donors (Lipinski definition) is 0. The van der Waals surface area contributed by atoms with Crippen molar-refractivity contribution < 1.29 is 0 Å². The maximum absolute atomic E-state index is 3.90. The van der Waals surface area contributed by atoms with Crippen LogP contribution >= 0.6 is 0 Å². The molecule has 3 heteroatoms. The van der Waals surface area contributed by atoms with Crippen molar-refractivity contribution in [2.75, 3.05) is 6.54 Å². The zero-order valence-electron chi connectivity index (χ0n) is 11.4. The molecule has 92 valence electrons. The van der Waals surface area contributed by atoms with E-state index < -0.39 is 16.5 Å². The van der Waals surface area contributed by atoms with Crippen molar-refractivity contribution in [2.45, 2.75) is 38.3 Å². The van der Waals surface area contributed by atoms with Gasteiger partial charge in [0.1, 0.15) is 16.5 Å². The first-order chi connectivity index (χ1) is 7.31. The van der Waals surface area contributed by atoms with Crippen LogP contribution in [-0.4, -0.2) is 27.2 Å². The van der Waals surface area contributed by atoms with Gasteiger partial charge in [-0.3, -0.25) is 0 Å². The standard InChI is InChI=1S/C13H27NSi2/c1-8-11-14(15(4,5)12-9-2)16(6,7)13-10-3/h8-10H,1-3,11-13H2,4-7H3. The van der Waals surface area contributed by atoms with Crippen LogP contribution in [-0.2, 0) is 0 Å². The molecule has 1 nitrogen and oxygen atoms in total. The third-order valence-corrected chi connectivity index (χ3v) is 12.6. The summed E-state index contributed by atoms with van der Waals surface area (Å²) in [5.41, 5.74) is 0. The van der Waals surface area contributed by atoms with Crippen LogP contribution in [0, 0.1) is 0 Å². The van der Waals surface area contributed by atoms with E-state index in [0.717, 1.165) is 18.6 Å². The second kappa shape index (κ2) is 6.37. The van der Waals surface area contributed by atoms with Crippen molar-refractivity contribution in [3.05, 3.63) is 38.0 Å². The van der Waals surface area contributed by atoms with Gasteiger partial charge < -0.3 is 4.23 Å². The summed E-state index contributed by atoms with van der Waals surface area (Å²) in [5.74, 6) is 0. The summed E-state index contributed by atoms with van der Waals surface area (Å²) in [6.45, 7) is 22.4. The molecule has 0 atom stereocenters. The van der Waals surface area contributed by atoms with Crippen LogP contribution in [0.3, 0.4) is 0 Å². The highest BCUT2D eigenvalue weighted by molar-refractivity contribution is 6.91. The van der Waals surface area contributed by atoms with Crippen LogP contribution < -0.4 is 0 Å². The van der Waals surface area contributed by atoms with Crippen molar-refractivity contribution in [3.8, 4) is 0 Å². The molecule has 0 N–H and O–H groups in total. The van der Waals surface area contributed by atoms with Gasteiger partial charge in [0.15, 0.2) is 0 Å². The summed E-state index contributed by atoms with van der Waals surface area (Å²) < 4.78 is 2.75. The molecule has 0 heterocycles. The first-order valence-electron chi connectivity index (χ1n) is 5.92. The average molecular weight is 254 g/mol. The van der Waals surface area contributed by atoms with Gasteiger partial charge in [0.2, 0.25) is 0 Å². The SMILES string of the molecule is C=CCN([Si](C)(C)CC=C)[Si](C)(C)CC=C. The minimum absolute atomic E-state index is 1.01. The van der Waals surface area contributed by atoms with Gasteiger partial charge >= 0.3 is 0 Å². The lowest BCUT2D eigenvalue weighted by molar-refractivity contribution is 0.677. The molecule has 0 amide bonds. The van der Waals surface area contributed by atoms with Gasteiger partial charge in [-0.25, -0.2) is 0 Å². The molecule has 0 aliphatic carbocycles. The van der Waals surface area contributed by atoms with Crippen molar-refractivity contribution >= 4 is 16.5 Å². The number of allylic oxidation sites excluding steroid dienone is 2. The Labute approximate surface area is 104 Å². The van der Waals surface area contributed by atoms with Crippen molar-refractivity contribution in [1.82, 2.24) is 4.23 Å². The topological polar surface area (TPSA) is 3.24 Å². The monoisotopic (exact) mass is 253 g/mol. The first-order valence-corrected chi connectivity index (χ1v) is 12.2. The molecule has 0 aromatic heterocycles. The molecule has 0 unspecified atom stereocenters. The fourth-order valence-electron chi connectivity index (χ4n) is 2.37. The largest absolute Gasteiger partial charge is 0.342 e. The third-order valence-electron chi connectivity index (χ3n) is 3.06. The molecule has 0 bridgehead atoms. The molecule has 0 saturated heterocycles. The zero-order valence-corrected chi connectivity index (χ0v) is 13.4. The van der Waals surface area contributed by atoms with Crippen LogP contribution in [0.4, 0.5) is 0 Å². The van der Waals surface area contributed by atoms with Gasteiger partial charge in [0.05, 0.1) is 0 Å². The molecular formula is C13H27NSi2. The van der Waals surface area contributed by atoms with E-state index in [4.69, 9.17) is 0 Å². The summed E-state index contributed by atoms with van der Waals surface area (Å²) in [6, 6.07) is 2.29.